The Labute approximate surface area is 79.4 Å². The Hall–Kier alpha value is -0.830. The first-order valence-electron chi connectivity index (χ1n) is 4.88. The summed E-state index contributed by atoms with van der Waals surface area (Å²) in [5, 5.41) is 2.97. The van der Waals surface area contributed by atoms with E-state index in [1.54, 1.807) is 6.08 Å². The van der Waals surface area contributed by atoms with Crippen molar-refractivity contribution in [1.82, 2.24) is 5.32 Å². The molecule has 1 aliphatic rings. The van der Waals surface area contributed by atoms with Crippen molar-refractivity contribution in [3.63, 3.8) is 0 Å². The molecule has 1 saturated carbocycles. The van der Waals surface area contributed by atoms with Gasteiger partial charge in [-0.2, -0.15) is 0 Å². The minimum atomic E-state index is 0.0791. The summed E-state index contributed by atoms with van der Waals surface area (Å²) in [5.41, 5.74) is 5.76. The molecule has 0 bridgehead atoms. The first kappa shape index (κ1) is 10.3. The normalized spacial score (nSPS) is 28.1. The molecule has 1 amide bonds. The third kappa shape index (κ3) is 3.59. The third-order valence-corrected chi connectivity index (χ3v) is 2.47. The van der Waals surface area contributed by atoms with Crippen LogP contribution in [0.3, 0.4) is 0 Å². The fourth-order valence-corrected chi connectivity index (χ4v) is 1.68. The van der Waals surface area contributed by atoms with E-state index in [4.69, 9.17) is 5.73 Å². The summed E-state index contributed by atoms with van der Waals surface area (Å²) in [7, 11) is 0. The van der Waals surface area contributed by atoms with E-state index in [1.165, 1.54) is 0 Å². The van der Waals surface area contributed by atoms with E-state index in [0.29, 0.717) is 18.5 Å². The van der Waals surface area contributed by atoms with Gasteiger partial charge in [0, 0.05) is 18.5 Å². The summed E-state index contributed by atoms with van der Waals surface area (Å²) in [6.45, 7) is 3.52. The second kappa shape index (κ2) is 5.02. The van der Waals surface area contributed by atoms with E-state index in [2.05, 4.69) is 11.9 Å². The van der Waals surface area contributed by atoms with Gasteiger partial charge in [0.2, 0.25) is 5.91 Å². The van der Waals surface area contributed by atoms with Gasteiger partial charge in [-0.25, -0.2) is 0 Å². The Morgan fingerprint density at radius 3 is 2.62 bits per heavy atom. The predicted molar refractivity (Wildman–Crippen MR) is 53.2 cm³/mol. The smallest absolute Gasteiger partial charge is 0.224 e. The molecule has 3 N–H and O–H groups in total. The first-order valence-corrected chi connectivity index (χ1v) is 4.88. The van der Waals surface area contributed by atoms with Crippen LogP contribution < -0.4 is 11.1 Å². The Kier molecular flexibility index (Phi) is 3.96. The van der Waals surface area contributed by atoms with Crippen LogP contribution in [0.2, 0.25) is 0 Å². The number of carbonyl (C=O) groups is 1. The van der Waals surface area contributed by atoms with Gasteiger partial charge in [-0.1, -0.05) is 6.08 Å². The molecule has 0 heterocycles. The third-order valence-electron chi connectivity index (χ3n) is 2.47. The van der Waals surface area contributed by atoms with Gasteiger partial charge in [0.15, 0.2) is 0 Å². The monoisotopic (exact) mass is 182 g/mol. The van der Waals surface area contributed by atoms with Gasteiger partial charge in [0.25, 0.3) is 0 Å². The van der Waals surface area contributed by atoms with Crippen molar-refractivity contribution in [2.75, 3.05) is 0 Å². The van der Waals surface area contributed by atoms with Crippen molar-refractivity contribution >= 4 is 5.91 Å². The van der Waals surface area contributed by atoms with Crippen molar-refractivity contribution in [3.05, 3.63) is 12.7 Å². The Balaban J connectivity index is 2.22. The molecular formula is C10H18N2O. The topological polar surface area (TPSA) is 55.1 Å². The maximum absolute atomic E-state index is 11.2. The maximum Gasteiger partial charge on any atom is 0.224 e. The molecule has 0 radical (unpaired) electrons. The average molecular weight is 182 g/mol. The Morgan fingerprint density at radius 2 is 2.08 bits per heavy atom. The molecule has 3 heteroatoms. The molecule has 13 heavy (non-hydrogen) atoms. The summed E-state index contributed by atoms with van der Waals surface area (Å²) in [4.78, 5) is 11.2. The van der Waals surface area contributed by atoms with Gasteiger partial charge in [-0.05, 0) is 25.7 Å². The summed E-state index contributed by atoms with van der Waals surface area (Å²) < 4.78 is 0. The second-order valence-corrected chi connectivity index (χ2v) is 3.67. The number of nitrogens with two attached hydrogens (primary N) is 1. The Morgan fingerprint density at radius 1 is 1.46 bits per heavy atom. The van der Waals surface area contributed by atoms with Gasteiger partial charge in [0.05, 0.1) is 0 Å². The number of rotatable bonds is 3. The lowest BCUT2D eigenvalue weighted by Gasteiger charge is -2.26. The quantitative estimate of drug-likeness (QED) is 0.638. The lowest BCUT2D eigenvalue weighted by molar-refractivity contribution is -0.121. The molecule has 1 fully saturated rings. The molecule has 0 saturated heterocycles. The number of amides is 1. The molecule has 0 atom stereocenters. The molecule has 0 spiro atoms. The summed E-state index contributed by atoms with van der Waals surface area (Å²) in [5.74, 6) is 0.0791. The molecule has 1 rings (SSSR count). The van der Waals surface area contributed by atoms with E-state index in [1.807, 2.05) is 0 Å². The molecule has 3 nitrogen and oxygen atoms in total. The minimum Gasteiger partial charge on any atom is -0.353 e. The van der Waals surface area contributed by atoms with Gasteiger partial charge >= 0.3 is 0 Å². The van der Waals surface area contributed by atoms with E-state index >= 15 is 0 Å². The van der Waals surface area contributed by atoms with Crippen molar-refractivity contribution in [2.24, 2.45) is 5.73 Å². The molecule has 0 aliphatic heterocycles. The first-order chi connectivity index (χ1) is 6.22. The van der Waals surface area contributed by atoms with Crippen LogP contribution in [-0.2, 0) is 4.79 Å². The fraction of sp³-hybridized carbons (Fsp3) is 0.700. The highest BCUT2D eigenvalue weighted by Gasteiger charge is 2.19. The number of hydrogen-bond donors (Lipinski definition) is 2. The molecule has 74 valence electrons. The van der Waals surface area contributed by atoms with Gasteiger partial charge in [0.1, 0.15) is 0 Å². The molecule has 0 unspecified atom stereocenters. The molecule has 0 aromatic heterocycles. The maximum atomic E-state index is 11.2. The van der Waals surface area contributed by atoms with Crippen LogP contribution in [0.1, 0.15) is 32.1 Å². The largest absolute Gasteiger partial charge is 0.353 e. The van der Waals surface area contributed by atoms with Crippen molar-refractivity contribution in [2.45, 2.75) is 44.2 Å². The highest BCUT2D eigenvalue weighted by atomic mass is 16.1. The minimum absolute atomic E-state index is 0.0791. The summed E-state index contributed by atoms with van der Waals surface area (Å²) in [6.07, 6.45) is 6.14. The van der Waals surface area contributed by atoms with Gasteiger partial charge in [-0.15, -0.1) is 6.58 Å². The molecule has 0 aromatic rings. The zero-order valence-corrected chi connectivity index (χ0v) is 7.96. The van der Waals surface area contributed by atoms with Crippen LogP contribution in [0.5, 0.6) is 0 Å². The van der Waals surface area contributed by atoms with Crippen molar-refractivity contribution in [3.8, 4) is 0 Å². The Bertz CT molecular complexity index is 183. The SMILES string of the molecule is C=CCC(=O)NC1CCC(N)CC1. The van der Waals surface area contributed by atoms with E-state index in [9.17, 15) is 4.79 Å². The van der Waals surface area contributed by atoms with Crippen LogP contribution in [0.4, 0.5) is 0 Å². The van der Waals surface area contributed by atoms with Crippen molar-refractivity contribution < 1.29 is 4.79 Å². The lowest BCUT2D eigenvalue weighted by atomic mass is 9.92. The van der Waals surface area contributed by atoms with E-state index < -0.39 is 0 Å². The van der Waals surface area contributed by atoms with Crippen molar-refractivity contribution in [1.29, 1.82) is 0 Å². The fourth-order valence-electron chi connectivity index (χ4n) is 1.68. The zero-order valence-electron chi connectivity index (χ0n) is 7.96. The highest BCUT2D eigenvalue weighted by molar-refractivity contribution is 5.77. The van der Waals surface area contributed by atoms with Crippen LogP contribution in [0, 0.1) is 0 Å². The van der Waals surface area contributed by atoms with Crippen LogP contribution in [0.15, 0.2) is 12.7 Å². The molecule has 1 aliphatic carbocycles. The summed E-state index contributed by atoms with van der Waals surface area (Å²) >= 11 is 0. The van der Waals surface area contributed by atoms with E-state index in [-0.39, 0.29) is 5.91 Å². The predicted octanol–water partition coefficient (Wildman–Crippen LogP) is 0.949. The second-order valence-electron chi connectivity index (χ2n) is 3.67. The highest BCUT2D eigenvalue weighted by Crippen LogP contribution is 2.16. The number of nitrogens with one attached hydrogen (secondary N) is 1. The number of hydrogen-bond acceptors (Lipinski definition) is 2. The average Bonchev–Trinajstić information content (AvgIpc) is 2.09. The lowest BCUT2D eigenvalue weighted by Crippen LogP contribution is -2.40. The van der Waals surface area contributed by atoms with Crippen LogP contribution in [-0.4, -0.2) is 18.0 Å². The van der Waals surface area contributed by atoms with Gasteiger partial charge in [-0.3, -0.25) is 4.79 Å². The zero-order chi connectivity index (χ0) is 9.68. The van der Waals surface area contributed by atoms with Crippen LogP contribution in [0.25, 0.3) is 0 Å². The molecular weight excluding hydrogens is 164 g/mol. The standard InChI is InChI=1S/C10H18N2O/c1-2-3-10(13)12-9-6-4-8(11)5-7-9/h2,8-9H,1,3-7,11H2,(H,12,13). The van der Waals surface area contributed by atoms with Crippen LogP contribution >= 0.6 is 0 Å². The molecule has 0 aromatic carbocycles. The number of carbonyl (C=O) groups excluding carboxylic acids is 1. The van der Waals surface area contributed by atoms with Gasteiger partial charge < -0.3 is 11.1 Å². The van der Waals surface area contributed by atoms with E-state index in [0.717, 1.165) is 25.7 Å². The summed E-state index contributed by atoms with van der Waals surface area (Å²) in [6, 6.07) is 0.680.